The lowest BCUT2D eigenvalue weighted by Gasteiger charge is -2.09. The molecule has 0 saturated heterocycles. The van der Waals surface area contributed by atoms with E-state index in [0.717, 1.165) is 25.9 Å². The molecule has 2 rings (SSSR count). The Hall–Kier alpha value is -2.67. The lowest BCUT2D eigenvalue weighted by Crippen LogP contribution is -2.30. The molecule has 0 unspecified atom stereocenters. The van der Waals surface area contributed by atoms with Gasteiger partial charge < -0.3 is 20.1 Å². The Morgan fingerprint density at radius 1 is 1.08 bits per heavy atom. The fraction of sp³-hybridized carbons (Fsp3) is 0.389. The van der Waals surface area contributed by atoms with Crippen LogP contribution in [0.4, 0.5) is 10.5 Å². The fourth-order valence-corrected chi connectivity index (χ4v) is 1.95. The van der Waals surface area contributed by atoms with Crippen LogP contribution >= 0.6 is 0 Å². The summed E-state index contributed by atoms with van der Waals surface area (Å²) in [6, 6.07) is 8.75. The molecule has 1 aromatic carbocycles. The first kappa shape index (κ1) is 18.7. The molecule has 0 aliphatic rings. The highest BCUT2D eigenvalue weighted by Gasteiger charge is 2.03. The SMILES string of the molecule is CCCCOCCCNC(=O)Nc1ccc(Oc2ncccn2)cc1. The molecule has 0 saturated carbocycles. The predicted molar refractivity (Wildman–Crippen MR) is 95.9 cm³/mol. The van der Waals surface area contributed by atoms with Crippen molar-refractivity contribution >= 4 is 11.7 Å². The van der Waals surface area contributed by atoms with Gasteiger partial charge in [0.1, 0.15) is 5.75 Å². The van der Waals surface area contributed by atoms with E-state index < -0.39 is 0 Å². The van der Waals surface area contributed by atoms with Gasteiger partial charge in [0, 0.05) is 37.8 Å². The van der Waals surface area contributed by atoms with Crippen molar-refractivity contribution < 1.29 is 14.3 Å². The summed E-state index contributed by atoms with van der Waals surface area (Å²) in [5.74, 6) is 0.599. The molecule has 0 aliphatic carbocycles. The summed E-state index contributed by atoms with van der Waals surface area (Å²) < 4.78 is 10.9. The van der Waals surface area contributed by atoms with E-state index >= 15 is 0 Å². The quantitative estimate of drug-likeness (QED) is 0.643. The van der Waals surface area contributed by atoms with Crippen LogP contribution in [0.5, 0.6) is 11.8 Å². The first-order valence-corrected chi connectivity index (χ1v) is 8.45. The van der Waals surface area contributed by atoms with Gasteiger partial charge in [0.2, 0.25) is 0 Å². The zero-order chi connectivity index (χ0) is 17.7. The van der Waals surface area contributed by atoms with E-state index in [4.69, 9.17) is 9.47 Å². The summed E-state index contributed by atoms with van der Waals surface area (Å²) in [6.07, 6.45) is 6.21. The van der Waals surface area contributed by atoms with Crippen LogP contribution in [0, 0.1) is 0 Å². The number of amides is 2. The van der Waals surface area contributed by atoms with Crippen molar-refractivity contribution in [3.05, 3.63) is 42.7 Å². The Kier molecular flexibility index (Phi) is 8.20. The number of unbranched alkanes of at least 4 members (excludes halogenated alkanes) is 1. The number of hydrogen-bond donors (Lipinski definition) is 2. The van der Waals surface area contributed by atoms with E-state index in [2.05, 4.69) is 27.5 Å². The smallest absolute Gasteiger partial charge is 0.321 e. The number of carbonyl (C=O) groups is 1. The van der Waals surface area contributed by atoms with Gasteiger partial charge in [-0.25, -0.2) is 14.8 Å². The third-order valence-corrected chi connectivity index (χ3v) is 3.26. The van der Waals surface area contributed by atoms with Crippen molar-refractivity contribution in [3.8, 4) is 11.8 Å². The zero-order valence-corrected chi connectivity index (χ0v) is 14.4. The van der Waals surface area contributed by atoms with Gasteiger partial charge in [0.15, 0.2) is 0 Å². The van der Waals surface area contributed by atoms with Crippen molar-refractivity contribution in [1.82, 2.24) is 15.3 Å². The molecule has 0 aliphatic heterocycles. The van der Waals surface area contributed by atoms with Gasteiger partial charge in [-0.1, -0.05) is 13.3 Å². The summed E-state index contributed by atoms with van der Waals surface area (Å²) in [5.41, 5.74) is 0.679. The van der Waals surface area contributed by atoms with Gasteiger partial charge in [0.05, 0.1) is 0 Å². The summed E-state index contributed by atoms with van der Waals surface area (Å²) >= 11 is 0. The Bertz CT molecular complexity index is 620. The van der Waals surface area contributed by atoms with Gasteiger partial charge in [-0.2, -0.15) is 0 Å². The van der Waals surface area contributed by atoms with Crippen molar-refractivity contribution in [2.45, 2.75) is 26.2 Å². The highest BCUT2D eigenvalue weighted by atomic mass is 16.5. The number of benzene rings is 1. The summed E-state index contributed by atoms with van der Waals surface area (Å²) in [4.78, 5) is 19.8. The highest BCUT2D eigenvalue weighted by Crippen LogP contribution is 2.19. The van der Waals surface area contributed by atoms with E-state index in [1.165, 1.54) is 0 Å². The molecule has 2 N–H and O–H groups in total. The third kappa shape index (κ3) is 7.63. The van der Waals surface area contributed by atoms with Gasteiger partial charge in [-0.05, 0) is 43.2 Å². The van der Waals surface area contributed by atoms with Crippen LogP contribution in [0.2, 0.25) is 0 Å². The number of ether oxygens (including phenoxy) is 2. The number of hydrogen-bond acceptors (Lipinski definition) is 5. The minimum absolute atomic E-state index is 0.242. The molecule has 0 fully saturated rings. The van der Waals surface area contributed by atoms with Crippen LogP contribution in [0.25, 0.3) is 0 Å². The number of carbonyl (C=O) groups excluding carboxylic acids is 1. The van der Waals surface area contributed by atoms with Crippen LogP contribution < -0.4 is 15.4 Å². The molecule has 7 heteroatoms. The molecule has 1 aromatic heterocycles. The first-order chi connectivity index (χ1) is 12.3. The standard InChI is InChI=1S/C18H24N4O3/c1-2-3-13-24-14-5-12-19-17(23)22-15-6-8-16(9-7-15)25-18-20-10-4-11-21-18/h4,6-11H,2-3,5,12-14H2,1H3,(H2,19,22,23). The maximum Gasteiger partial charge on any atom is 0.321 e. The number of aromatic nitrogens is 2. The van der Waals surface area contributed by atoms with Crippen molar-refractivity contribution in [2.75, 3.05) is 25.1 Å². The molecule has 0 spiro atoms. The van der Waals surface area contributed by atoms with E-state index in [-0.39, 0.29) is 12.0 Å². The molecule has 7 nitrogen and oxygen atoms in total. The van der Waals surface area contributed by atoms with E-state index in [1.54, 1.807) is 42.7 Å². The van der Waals surface area contributed by atoms with Gasteiger partial charge in [0.25, 0.3) is 0 Å². The lowest BCUT2D eigenvalue weighted by molar-refractivity contribution is 0.129. The first-order valence-electron chi connectivity index (χ1n) is 8.45. The van der Waals surface area contributed by atoms with Crippen LogP contribution in [0.15, 0.2) is 42.7 Å². The summed E-state index contributed by atoms with van der Waals surface area (Å²) in [7, 11) is 0. The molecule has 0 atom stereocenters. The summed E-state index contributed by atoms with van der Waals surface area (Å²) in [6.45, 7) is 4.15. The van der Waals surface area contributed by atoms with Crippen LogP contribution in [0.3, 0.4) is 0 Å². The molecule has 2 amide bonds. The number of anilines is 1. The molecule has 25 heavy (non-hydrogen) atoms. The van der Waals surface area contributed by atoms with Gasteiger partial charge in [-0.15, -0.1) is 0 Å². The molecular formula is C18H24N4O3. The minimum Gasteiger partial charge on any atom is -0.424 e. The Labute approximate surface area is 147 Å². The monoisotopic (exact) mass is 344 g/mol. The van der Waals surface area contributed by atoms with E-state index in [1.807, 2.05) is 0 Å². The number of rotatable bonds is 10. The second-order valence-electron chi connectivity index (χ2n) is 5.36. The minimum atomic E-state index is -0.242. The number of nitrogens with one attached hydrogen (secondary N) is 2. The third-order valence-electron chi connectivity index (χ3n) is 3.26. The normalized spacial score (nSPS) is 10.3. The summed E-state index contributed by atoms with van der Waals surface area (Å²) in [5, 5.41) is 5.56. The maximum atomic E-state index is 11.8. The molecule has 0 radical (unpaired) electrons. The Balaban J connectivity index is 1.65. The molecule has 2 aromatic rings. The van der Waals surface area contributed by atoms with E-state index in [0.29, 0.717) is 24.6 Å². The molecular weight excluding hydrogens is 320 g/mol. The van der Waals surface area contributed by atoms with Crippen LogP contribution in [-0.2, 0) is 4.74 Å². The van der Waals surface area contributed by atoms with Gasteiger partial charge >= 0.3 is 12.0 Å². The topological polar surface area (TPSA) is 85.4 Å². The average molecular weight is 344 g/mol. The molecule has 134 valence electrons. The van der Waals surface area contributed by atoms with Crippen molar-refractivity contribution in [1.29, 1.82) is 0 Å². The van der Waals surface area contributed by atoms with Crippen LogP contribution in [0.1, 0.15) is 26.2 Å². The lowest BCUT2D eigenvalue weighted by atomic mass is 10.3. The Morgan fingerprint density at radius 2 is 1.80 bits per heavy atom. The average Bonchev–Trinajstić information content (AvgIpc) is 2.63. The fourth-order valence-electron chi connectivity index (χ4n) is 1.95. The highest BCUT2D eigenvalue weighted by molar-refractivity contribution is 5.89. The number of nitrogens with zero attached hydrogens (tertiary/aromatic N) is 2. The van der Waals surface area contributed by atoms with E-state index in [9.17, 15) is 4.79 Å². The van der Waals surface area contributed by atoms with Crippen molar-refractivity contribution in [3.63, 3.8) is 0 Å². The second-order valence-corrected chi connectivity index (χ2v) is 5.36. The van der Waals surface area contributed by atoms with Crippen molar-refractivity contribution in [2.24, 2.45) is 0 Å². The number of urea groups is 1. The zero-order valence-electron chi connectivity index (χ0n) is 14.4. The molecule has 1 heterocycles. The molecule has 0 bridgehead atoms. The maximum absolute atomic E-state index is 11.8. The van der Waals surface area contributed by atoms with Crippen LogP contribution in [-0.4, -0.2) is 35.8 Å². The predicted octanol–water partition coefficient (Wildman–Crippen LogP) is 3.60. The largest absolute Gasteiger partial charge is 0.424 e. The van der Waals surface area contributed by atoms with Gasteiger partial charge in [-0.3, -0.25) is 0 Å². The second kappa shape index (κ2) is 11.0. The Morgan fingerprint density at radius 3 is 2.52 bits per heavy atom.